The van der Waals surface area contributed by atoms with E-state index in [4.69, 9.17) is 0 Å². The number of nitro groups is 1. The molecule has 0 aliphatic carbocycles. The third kappa shape index (κ3) is 5.04. The number of nitro benzene ring substituents is 1. The van der Waals surface area contributed by atoms with Gasteiger partial charge in [-0.1, -0.05) is 36.4 Å². The molecular formula is C22H19N3O4. The average Bonchev–Trinajstić information content (AvgIpc) is 2.72. The highest BCUT2D eigenvalue weighted by Gasteiger charge is 2.12. The number of carbonyl (C=O) groups excluding carboxylic acids is 2. The summed E-state index contributed by atoms with van der Waals surface area (Å²) in [5.74, 6) is -0.489. The molecule has 0 spiro atoms. The van der Waals surface area contributed by atoms with E-state index in [2.05, 4.69) is 10.6 Å². The first-order valence-corrected chi connectivity index (χ1v) is 8.93. The molecular weight excluding hydrogens is 370 g/mol. The first kappa shape index (κ1) is 19.8. The number of carbonyl (C=O) groups is 2. The first-order chi connectivity index (χ1) is 13.9. The smallest absolute Gasteiger partial charge is 0.269 e. The minimum absolute atomic E-state index is 0.0214. The van der Waals surface area contributed by atoms with Crippen LogP contribution in [0.2, 0.25) is 0 Å². The van der Waals surface area contributed by atoms with Crippen molar-refractivity contribution in [3.8, 4) is 0 Å². The van der Waals surface area contributed by atoms with E-state index in [0.717, 1.165) is 5.56 Å². The van der Waals surface area contributed by atoms with Crippen LogP contribution in [0.5, 0.6) is 0 Å². The Morgan fingerprint density at radius 3 is 2.10 bits per heavy atom. The van der Waals surface area contributed by atoms with Crippen LogP contribution in [0.3, 0.4) is 0 Å². The van der Waals surface area contributed by atoms with Crippen LogP contribution in [-0.2, 0) is 11.2 Å². The van der Waals surface area contributed by atoms with E-state index >= 15 is 0 Å². The fourth-order valence-corrected chi connectivity index (χ4v) is 2.81. The van der Waals surface area contributed by atoms with Gasteiger partial charge in [0.15, 0.2) is 0 Å². The van der Waals surface area contributed by atoms with Gasteiger partial charge < -0.3 is 10.6 Å². The standard InChI is InChI=1S/C22H19N3O4/c1-15-19(23-21(26)14-16-10-12-18(13-11-16)25(28)29)8-5-9-20(15)24-22(27)17-6-3-2-4-7-17/h2-13H,14H2,1H3,(H,23,26)(H,24,27). The Labute approximate surface area is 167 Å². The van der Waals surface area contributed by atoms with Crippen LogP contribution in [0.4, 0.5) is 17.1 Å². The molecule has 2 amide bonds. The maximum atomic E-state index is 12.4. The molecule has 3 rings (SSSR count). The Kier molecular flexibility index (Phi) is 5.99. The van der Waals surface area contributed by atoms with Crippen LogP contribution >= 0.6 is 0 Å². The van der Waals surface area contributed by atoms with Crippen molar-refractivity contribution in [3.63, 3.8) is 0 Å². The molecule has 0 fully saturated rings. The largest absolute Gasteiger partial charge is 0.325 e. The minimum Gasteiger partial charge on any atom is -0.325 e. The van der Waals surface area contributed by atoms with Crippen LogP contribution in [-0.4, -0.2) is 16.7 Å². The fourth-order valence-electron chi connectivity index (χ4n) is 2.81. The van der Waals surface area contributed by atoms with Crippen molar-refractivity contribution in [1.29, 1.82) is 0 Å². The number of rotatable bonds is 6. The Bertz CT molecular complexity index is 1050. The second-order valence-electron chi connectivity index (χ2n) is 6.45. The molecule has 7 heteroatoms. The van der Waals surface area contributed by atoms with Gasteiger partial charge in [0.25, 0.3) is 11.6 Å². The molecule has 0 unspecified atom stereocenters. The number of benzene rings is 3. The summed E-state index contributed by atoms with van der Waals surface area (Å²) in [5, 5.41) is 16.4. The summed E-state index contributed by atoms with van der Waals surface area (Å²) in [6.45, 7) is 1.81. The molecule has 29 heavy (non-hydrogen) atoms. The molecule has 3 aromatic rings. The maximum absolute atomic E-state index is 12.4. The van der Waals surface area contributed by atoms with Crippen molar-refractivity contribution in [2.24, 2.45) is 0 Å². The number of anilines is 2. The number of non-ortho nitro benzene ring substituents is 1. The molecule has 0 aliphatic rings. The summed E-state index contributed by atoms with van der Waals surface area (Å²) < 4.78 is 0. The lowest BCUT2D eigenvalue weighted by Crippen LogP contribution is -2.17. The summed E-state index contributed by atoms with van der Waals surface area (Å²) in [6.07, 6.45) is 0.0814. The van der Waals surface area contributed by atoms with Gasteiger partial charge in [-0.15, -0.1) is 0 Å². The number of nitrogens with one attached hydrogen (secondary N) is 2. The van der Waals surface area contributed by atoms with Crippen molar-refractivity contribution in [3.05, 3.63) is 99.6 Å². The lowest BCUT2D eigenvalue weighted by atomic mass is 10.1. The lowest BCUT2D eigenvalue weighted by molar-refractivity contribution is -0.384. The van der Waals surface area contributed by atoms with Gasteiger partial charge in [-0.3, -0.25) is 19.7 Å². The van der Waals surface area contributed by atoms with Gasteiger partial charge in [0.2, 0.25) is 5.91 Å². The van der Waals surface area contributed by atoms with Crippen LogP contribution in [0, 0.1) is 17.0 Å². The van der Waals surface area contributed by atoms with E-state index in [0.29, 0.717) is 22.5 Å². The predicted molar refractivity (Wildman–Crippen MR) is 111 cm³/mol. The third-order valence-electron chi connectivity index (χ3n) is 4.40. The van der Waals surface area contributed by atoms with Crippen molar-refractivity contribution >= 4 is 28.9 Å². The highest BCUT2D eigenvalue weighted by Crippen LogP contribution is 2.24. The fraction of sp³-hybridized carbons (Fsp3) is 0.0909. The number of amides is 2. The van der Waals surface area contributed by atoms with Gasteiger partial charge in [0.05, 0.1) is 11.3 Å². The molecule has 2 N–H and O–H groups in total. The van der Waals surface area contributed by atoms with Gasteiger partial charge >= 0.3 is 0 Å². The van der Waals surface area contributed by atoms with E-state index in [1.807, 2.05) is 13.0 Å². The summed E-state index contributed by atoms with van der Waals surface area (Å²) in [6, 6.07) is 20.0. The Morgan fingerprint density at radius 1 is 0.862 bits per heavy atom. The molecule has 0 radical (unpaired) electrons. The van der Waals surface area contributed by atoms with Crippen LogP contribution < -0.4 is 10.6 Å². The topological polar surface area (TPSA) is 101 Å². The van der Waals surface area contributed by atoms with E-state index in [1.54, 1.807) is 54.6 Å². The molecule has 3 aromatic carbocycles. The van der Waals surface area contributed by atoms with E-state index < -0.39 is 4.92 Å². The van der Waals surface area contributed by atoms with Crippen molar-refractivity contribution < 1.29 is 14.5 Å². The minimum atomic E-state index is -0.484. The Morgan fingerprint density at radius 2 is 1.48 bits per heavy atom. The number of nitrogens with zero attached hydrogens (tertiary/aromatic N) is 1. The first-order valence-electron chi connectivity index (χ1n) is 8.93. The SMILES string of the molecule is Cc1c(NC(=O)Cc2ccc([N+](=O)[O-])cc2)cccc1NC(=O)c1ccccc1. The molecule has 0 heterocycles. The van der Waals surface area contributed by atoms with E-state index in [1.165, 1.54) is 12.1 Å². The zero-order valence-corrected chi connectivity index (χ0v) is 15.7. The molecule has 0 bridgehead atoms. The van der Waals surface area contributed by atoms with Crippen LogP contribution in [0.1, 0.15) is 21.5 Å². The molecule has 0 aliphatic heterocycles. The second kappa shape index (κ2) is 8.79. The van der Waals surface area contributed by atoms with Crippen molar-refractivity contribution in [2.75, 3.05) is 10.6 Å². The van der Waals surface area contributed by atoms with Gasteiger partial charge in [-0.25, -0.2) is 0 Å². The quantitative estimate of drug-likeness (QED) is 0.484. The van der Waals surface area contributed by atoms with Crippen molar-refractivity contribution in [1.82, 2.24) is 0 Å². The van der Waals surface area contributed by atoms with Crippen molar-refractivity contribution in [2.45, 2.75) is 13.3 Å². The lowest BCUT2D eigenvalue weighted by Gasteiger charge is -2.13. The van der Waals surface area contributed by atoms with Gasteiger partial charge in [-0.05, 0) is 42.3 Å². The highest BCUT2D eigenvalue weighted by atomic mass is 16.6. The zero-order chi connectivity index (χ0) is 20.8. The Hall–Kier alpha value is -4.00. The number of hydrogen-bond acceptors (Lipinski definition) is 4. The Balaban J connectivity index is 1.68. The molecule has 0 aromatic heterocycles. The zero-order valence-electron chi connectivity index (χ0n) is 15.7. The molecule has 146 valence electrons. The molecule has 0 saturated heterocycles. The van der Waals surface area contributed by atoms with Crippen LogP contribution in [0.25, 0.3) is 0 Å². The molecule has 7 nitrogen and oxygen atoms in total. The van der Waals surface area contributed by atoms with E-state index in [9.17, 15) is 19.7 Å². The normalized spacial score (nSPS) is 10.2. The summed E-state index contributed by atoms with van der Waals surface area (Å²) in [7, 11) is 0. The number of hydrogen-bond donors (Lipinski definition) is 2. The monoisotopic (exact) mass is 389 g/mol. The summed E-state index contributed by atoms with van der Waals surface area (Å²) in [4.78, 5) is 35.0. The second-order valence-corrected chi connectivity index (χ2v) is 6.45. The van der Waals surface area contributed by atoms with E-state index in [-0.39, 0.29) is 23.9 Å². The maximum Gasteiger partial charge on any atom is 0.269 e. The predicted octanol–water partition coefficient (Wildman–Crippen LogP) is 4.34. The average molecular weight is 389 g/mol. The molecule has 0 atom stereocenters. The van der Waals surface area contributed by atoms with Gasteiger partial charge in [-0.2, -0.15) is 0 Å². The highest BCUT2D eigenvalue weighted by molar-refractivity contribution is 6.05. The summed E-state index contributed by atoms with van der Waals surface area (Å²) >= 11 is 0. The van der Waals surface area contributed by atoms with Crippen LogP contribution in [0.15, 0.2) is 72.8 Å². The summed E-state index contributed by atoms with van der Waals surface area (Å²) in [5.41, 5.74) is 3.11. The van der Waals surface area contributed by atoms with Gasteiger partial charge in [0.1, 0.15) is 0 Å². The van der Waals surface area contributed by atoms with Gasteiger partial charge in [0, 0.05) is 29.1 Å². The molecule has 0 saturated carbocycles. The third-order valence-corrected chi connectivity index (χ3v) is 4.40.